The SMILES string of the molecule is CCC(N)(CC)CNC(=O)C(NC(C)=O)C1CCCC1. The van der Waals surface area contributed by atoms with E-state index in [1.165, 1.54) is 6.92 Å². The molecule has 1 fully saturated rings. The summed E-state index contributed by atoms with van der Waals surface area (Å²) >= 11 is 0. The molecule has 1 unspecified atom stereocenters. The van der Waals surface area contributed by atoms with Gasteiger partial charge in [-0.2, -0.15) is 0 Å². The Morgan fingerprint density at radius 1 is 1.25 bits per heavy atom. The fourth-order valence-corrected chi connectivity index (χ4v) is 2.78. The predicted octanol–water partition coefficient (Wildman–Crippen LogP) is 1.31. The molecule has 0 saturated heterocycles. The molecule has 1 aliphatic rings. The average Bonchev–Trinajstić information content (AvgIpc) is 2.95. The van der Waals surface area contributed by atoms with Gasteiger partial charge in [0.05, 0.1) is 0 Å². The third-order valence-electron chi connectivity index (χ3n) is 4.54. The number of carbonyl (C=O) groups excluding carboxylic acids is 2. The molecule has 5 heteroatoms. The number of rotatable bonds is 7. The zero-order valence-electron chi connectivity index (χ0n) is 13.0. The van der Waals surface area contributed by atoms with Gasteiger partial charge in [-0.3, -0.25) is 9.59 Å². The summed E-state index contributed by atoms with van der Waals surface area (Å²) in [4.78, 5) is 23.7. The Balaban J connectivity index is 2.61. The highest BCUT2D eigenvalue weighted by atomic mass is 16.2. The molecule has 0 aromatic rings. The number of hydrogen-bond acceptors (Lipinski definition) is 3. The smallest absolute Gasteiger partial charge is 0.242 e. The molecule has 1 saturated carbocycles. The zero-order chi connectivity index (χ0) is 15.2. The van der Waals surface area contributed by atoms with E-state index in [2.05, 4.69) is 10.6 Å². The molecule has 0 spiro atoms. The predicted molar refractivity (Wildman–Crippen MR) is 80.1 cm³/mol. The highest BCUT2D eigenvalue weighted by molar-refractivity contribution is 5.87. The van der Waals surface area contributed by atoms with Crippen LogP contribution in [0.2, 0.25) is 0 Å². The van der Waals surface area contributed by atoms with Crippen molar-refractivity contribution >= 4 is 11.8 Å². The minimum Gasteiger partial charge on any atom is -0.352 e. The minimum atomic E-state index is -0.409. The van der Waals surface area contributed by atoms with Crippen molar-refractivity contribution in [1.82, 2.24) is 10.6 Å². The molecular weight excluding hydrogens is 254 g/mol. The van der Waals surface area contributed by atoms with E-state index >= 15 is 0 Å². The number of nitrogens with two attached hydrogens (primary N) is 1. The van der Waals surface area contributed by atoms with Gasteiger partial charge in [-0.1, -0.05) is 26.7 Å². The Morgan fingerprint density at radius 3 is 2.25 bits per heavy atom. The summed E-state index contributed by atoms with van der Waals surface area (Å²) in [7, 11) is 0. The van der Waals surface area contributed by atoms with Crippen molar-refractivity contribution in [3.05, 3.63) is 0 Å². The second-order valence-corrected chi connectivity index (χ2v) is 6.01. The van der Waals surface area contributed by atoms with Gasteiger partial charge in [0.15, 0.2) is 0 Å². The number of nitrogens with one attached hydrogen (secondary N) is 2. The lowest BCUT2D eigenvalue weighted by atomic mass is 9.93. The molecule has 1 rings (SSSR count). The second kappa shape index (κ2) is 7.62. The first-order valence-electron chi connectivity index (χ1n) is 7.75. The lowest BCUT2D eigenvalue weighted by molar-refractivity contribution is -0.129. The number of amides is 2. The third kappa shape index (κ3) is 4.78. The maximum absolute atomic E-state index is 12.4. The first kappa shape index (κ1) is 17.0. The number of hydrogen-bond donors (Lipinski definition) is 3. The molecule has 4 N–H and O–H groups in total. The highest BCUT2D eigenvalue weighted by Gasteiger charge is 2.32. The van der Waals surface area contributed by atoms with Crippen molar-refractivity contribution in [3.8, 4) is 0 Å². The third-order valence-corrected chi connectivity index (χ3v) is 4.54. The highest BCUT2D eigenvalue weighted by Crippen LogP contribution is 2.28. The van der Waals surface area contributed by atoms with Crippen LogP contribution < -0.4 is 16.4 Å². The summed E-state index contributed by atoms with van der Waals surface area (Å²) in [6.45, 7) is 5.97. The van der Waals surface area contributed by atoms with Crippen LogP contribution in [0.5, 0.6) is 0 Å². The van der Waals surface area contributed by atoms with E-state index < -0.39 is 6.04 Å². The molecule has 0 heterocycles. The van der Waals surface area contributed by atoms with Crippen molar-refractivity contribution in [2.75, 3.05) is 6.54 Å². The Kier molecular flexibility index (Phi) is 6.46. The summed E-state index contributed by atoms with van der Waals surface area (Å²) in [5.41, 5.74) is 5.84. The van der Waals surface area contributed by atoms with Gasteiger partial charge in [0.25, 0.3) is 0 Å². The van der Waals surface area contributed by atoms with Gasteiger partial charge in [0, 0.05) is 19.0 Å². The van der Waals surface area contributed by atoms with Crippen LogP contribution in [0.3, 0.4) is 0 Å². The van der Waals surface area contributed by atoms with E-state index in [0.717, 1.165) is 38.5 Å². The van der Waals surface area contributed by atoms with Crippen LogP contribution in [0, 0.1) is 5.92 Å². The van der Waals surface area contributed by atoms with E-state index in [1.54, 1.807) is 0 Å². The summed E-state index contributed by atoms with van der Waals surface area (Å²) in [5, 5.41) is 5.73. The van der Waals surface area contributed by atoms with Crippen molar-refractivity contribution in [2.45, 2.75) is 70.9 Å². The van der Waals surface area contributed by atoms with Crippen molar-refractivity contribution in [2.24, 2.45) is 11.7 Å². The van der Waals surface area contributed by atoms with Gasteiger partial charge in [0.2, 0.25) is 11.8 Å². The summed E-state index contributed by atoms with van der Waals surface area (Å²) in [6.07, 6.45) is 5.93. The molecule has 2 amide bonds. The monoisotopic (exact) mass is 283 g/mol. The van der Waals surface area contributed by atoms with Crippen LogP contribution in [-0.4, -0.2) is 29.9 Å². The lowest BCUT2D eigenvalue weighted by Crippen LogP contribution is -2.55. The van der Waals surface area contributed by atoms with Gasteiger partial charge in [-0.05, 0) is 31.6 Å². The molecule has 0 aromatic carbocycles. The standard InChI is InChI=1S/C15H29N3O2/c1-4-15(16,5-2)10-17-14(20)13(18-11(3)19)12-8-6-7-9-12/h12-13H,4-10,16H2,1-3H3,(H,17,20)(H,18,19). The normalized spacial score (nSPS) is 17.8. The number of carbonyl (C=O) groups is 2. The molecule has 0 bridgehead atoms. The van der Waals surface area contributed by atoms with Crippen molar-refractivity contribution in [3.63, 3.8) is 0 Å². The van der Waals surface area contributed by atoms with Crippen LogP contribution in [-0.2, 0) is 9.59 Å². The largest absolute Gasteiger partial charge is 0.352 e. The molecular formula is C15H29N3O2. The first-order valence-corrected chi connectivity index (χ1v) is 7.75. The molecule has 20 heavy (non-hydrogen) atoms. The first-order chi connectivity index (χ1) is 9.41. The molecule has 5 nitrogen and oxygen atoms in total. The van der Waals surface area contributed by atoms with Crippen LogP contribution in [0.4, 0.5) is 0 Å². The van der Waals surface area contributed by atoms with Crippen LogP contribution >= 0.6 is 0 Å². The van der Waals surface area contributed by atoms with Gasteiger partial charge in [-0.25, -0.2) is 0 Å². The summed E-state index contributed by atoms with van der Waals surface area (Å²) in [6, 6.07) is -0.409. The van der Waals surface area contributed by atoms with Crippen LogP contribution in [0.25, 0.3) is 0 Å². The fraction of sp³-hybridized carbons (Fsp3) is 0.867. The van der Waals surface area contributed by atoms with Gasteiger partial charge in [0.1, 0.15) is 6.04 Å². The molecule has 116 valence electrons. The second-order valence-electron chi connectivity index (χ2n) is 6.01. The van der Waals surface area contributed by atoms with Gasteiger partial charge < -0.3 is 16.4 Å². The Morgan fingerprint density at radius 2 is 1.80 bits per heavy atom. The quantitative estimate of drug-likeness (QED) is 0.659. The molecule has 0 aliphatic heterocycles. The van der Waals surface area contributed by atoms with E-state index in [-0.39, 0.29) is 23.3 Å². The van der Waals surface area contributed by atoms with E-state index in [0.29, 0.717) is 6.54 Å². The summed E-state index contributed by atoms with van der Waals surface area (Å²) < 4.78 is 0. The molecule has 0 radical (unpaired) electrons. The van der Waals surface area contributed by atoms with Gasteiger partial charge >= 0.3 is 0 Å². The summed E-state index contributed by atoms with van der Waals surface area (Å²) in [5.74, 6) is 0.0141. The average molecular weight is 283 g/mol. The molecule has 1 atom stereocenters. The topological polar surface area (TPSA) is 84.2 Å². The zero-order valence-corrected chi connectivity index (χ0v) is 13.0. The Bertz CT molecular complexity index is 334. The maximum Gasteiger partial charge on any atom is 0.242 e. The van der Waals surface area contributed by atoms with E-state index in [1.807, 2.05) is 13.8 Å². The fourth-order valence-electron chi connectivity index (χ4n) is 2.78. The van der Waals surface area contributed by atoms with Crippen molar-refractivity contribution in [1.29, 1.82) is 0 Å². The molecule has 0 aromatic heterocycles. The Labute approximate surface area is 122 Å². The Hall–Kier alpha value is -1.10. The van der Waals surface area contributed by atoms with E-state index in [9.17, 15) is 9.59 Å². The molecule has 1 aliphatic carbocycles. The van der Waals surface area contributed by atoms with Crippen LogP contribution in [0.15, 0.2) is 0 Å². The van der Waals surface area contributed by atoms with Gasteiger partial charge in [-0.15, -0.1) is 0 Å². The van der Waals surface area contributed by atoms with Crippen LogP contribution in [0.1, 0.15) is 59.3 Å². The van der Waals surface area contributed by atoms with Crippen molar-refractivity contribution < 1.29 is 9.59 Å². The lowest BCUT2D eigenvalue weighted by Gasteiger charge is -2.29. The van der Waals surface area contributed by atoms with E-state index in [4.69, 9.17) is 5.73 Å². The minimum absolute atomic E-state index is 0.0937. The maximum atomic E-state index is 12.4.